The number of nitrogens with one attached hydrogen (secondary N) is 2. The molecular formula is C52H40Cl6F9N3O6. The Hall–Kier alpha value is -6.41. The molecule has 6 aromatic carbocycles. The number of H-pyrrole nitrogens is 2. The average molecular weight is 1190 g/mol. The number of aromatic nitrogens is 3. The fourth-order valence-corrected chi connectivity index (χ4v) is 8.47. The van der Waals surface area contributed by atoms with Crippen LogP contribution in [0.4, 0.5) is 39.5 Å². The second kappa shape index (κ2) is 26.6. The van der Waals surface area contributed by atoms with Gasteiger partial charge in [0.05, 0.1) is 5.52 Å². The number of carboxylic acids is 1. The third-order valence-electron chi connectivity index (χ3n) is 9.98. The van der Waals surface area contributed by atoms with Gasteiger partial charge in [0.1, 0.15) is 45.5 Å². The van der Waals surface area contributed by atoms with Crippen molar-refractivity contribution < 1.29 is 68.4 Å². The lowest BCUT2D eigenvalue weighted by molar-refractivity contribution is -0.275. The van der Waals surface area contributed by atoms with Gasteiger partial charge < -0.3 is 33.9 Å². The first-order chi connectivity index (χ1) is 34.7. The van der Waals surface area contributed by atoms with Crippen LogP contribution in [0.5, 0.6) is 17.2 Å². The van der Waals surface area contributed by atoms with Gasteiger partial charge in [-0.1, -0.05) is 139 Å². The first kappa shape index (κ1) is 62.1. The number of hydrogen-bond donors (Lipinski definition) is 3. The van der Waals surface area contributed by atoms with E-state index < -0.39 is 30.8 Å². The zero-order valence-corrected chi connectivity index (χ0v) is 41.5. The van der Waals surface area contributed by atoms with Crippen LogP contribution in [0.2, 0.25) is 30.5 Å². The molecule has 0 bridgehead atoms. The minimum absolute atomic E-state index is 0. The molecule has 76 heavy (non-hydrogen) atoms. The van der Waals surface area contributed by atoms with Gasteiger partial charge in [0.2, 0.25) is 0 Å². The van der Waals surface area contributed by atoms with Crippen LogP contribution in [0.15, 0.2) is 133 Å². The lowest BCUT2D eigenvalue weighted by Gasteiger charge is -2.10. The second-order valence-corrected chi connectivity index (χ2v) is 17.8. The molecule has 3 heterocycles. The summed E-state index contributed by atoms with van der Waals surface area (Å²) in [6.45, 7) is -0.368. The highest BCUT2D eigenvalue weighted by Crippen LogP contribution is 2.36. The Kier molecular flexibility index (Phi) is 21.7. The summed E-state index contributed by atoms with van der Waals surface area (Å²) >= 11 is 36.0. The van der Waals surface area contributed by atoms with E-state index in [0.29, 0.717) is 60.7 Å². The molecule has 9 aromatic rings. The molecule has 0 saturated carbocycles. The summed E-state index contributed by atoms with van der Waals surface area (Å²) < 4.78 is 122. The van der Waals surface area contributed by atoms with E-state index in [2.05, 4.69) is 24.2 Å². The van der Waals surface area contributed by atoms with Crippen molar-refractivity contribution in [1.82, 2.24) is 14.5 Å². The van der Waals surface area contributed by atoms with Gasteiger partial charge in [-0.05, 0) is 90.0 Å². The molecule has 24 heteroatoms. The Bertz CT molecular complexity index is 3430. The van der Waals surface area contributed by atoms with Crippen LogP contribution >= 0.6 is 69.6 Å². The monoisotopic (exact) mass is 1180 g/mol. The summed E-state index contributed by atoms with van der Waals surface area (Å²) in [4.78, 5) is 27.3. The minimum Gasteiger partial charge on any atom is -0.480 e. The molecule has 0 saturated heterocycles. The molecule has 0 atom stereocenters. The van der Waals surface area contributed by atoms with Crippen molar-refractivity contribution in [2.75, 3.05) is 0 Å². The Morgan fingerprint density at radius 3 is 1.55 bits per heavy atom. The van der Waals surface area contributed by atoms with Gasteiger partial charge in [-0.25, -0.2) is 0 Å². The molecular weight excluding hydrogens is 1150 g/mol. The Balaban J connectivity index is 0.000000230. The molecule has 3 N–H and O–H groups in total. The molecule has 0 spiro atoms. The molecule has 0 fully saturated rings. The fourth-order valence-electron chi connectivity index (χ4n) is 7.15. The highest BCUT2D eigenvalue weighted by molar-refractivity contribution is 6.34. The van der Waals surface area contributed by atoms with Gasteiger partial charge in [0.25, 0.3) is 0 Å². The highest BCUT2D eigenvalue weighted by Gasteiger charge is 2.33. The summed E-state index contributed by atoms with van der Waals surface area (Å²) in [5, 5.41) is 14.7. The maximum absolute atomic E-state index is 12.4. The lowest BCUT2D eigenvalue weighted by atomic mass is 10.0. The molecule has 0 aliphatic heterocycles. The van der Waals surface area contributed by atoms with Gasteiger partial charge >= 0.3 is 25.1 Å². The number of nitrogens with zero attached hydrogens (tertiary/aromatic N) is 1. The number of fused-ring (bicyclic) bond motifs is 3. The third-order valence-corrected chi connectivity index (χ3v) is 11.6. The van der Waals surface area contributed by atoms with E-state index in [0.717, 1.165) is 44.5 Å². The zero-order valence-electron chi connectivity index (χ0n) is 37.0. The number of aldehydes is 1. The fraction of sp³-hybridized carbons (Fsp3) is 0.154. The molecule has 0 amide bonds. The Morgan fingerprint density at radius 2 is 1.03 bits per heavy atom. The lowest BCUT2D eigenvalue weighted by Crippen LogP contribution is -2.17. The smallest absolute Gasteiger partial charge is 0.480 e. The molecule has 0 unspecified atom stereocenters. The predicted octanol–water partition coefficient (Wildman–Crippen LogP) is 18.6. The van der Waals surface area contributed by atoms with Crippen molar-refractivity contribution >= 4 is 115 Å². The van der Waals surface area contributed by atoms with Crippen LogP contribution in [-0.2, 0) is 24.2 Å². The number of carbonyl (C=O) groups excluding carboxylic acids is 1. The molecule has 9 nitrogen and oxygen atoms in total. The number of alkyl halides is 9. The van der Waals surface area contributed by atoms with E-state index in [1.165, 1.54) is 53.1 Å². The number of aliphatic carboxylic acids is 1. The summed E-state index contributed by atoms with van der Waals surface area (Å²) in [6, 6.07) is 33.9. The predicted molar refractivity (Wildman–Crippen MR) is 280 cm³/mol. The third kappa shape index (κ3) is 18.4. The quantitative estimate of drug-likeness (QED) is 0.0927. The molecule has 0 aliphatic rings. The number of ether oxygens (including phenoxy) is 3. The number of carbonyl (C=O) groups is 2. The maximum Gasteiger partial charge on any atom is 0.573 e. The normalized spacial score (nSPS) is 11.2. The number of hydrogen-bond acceptors (Lipinski definition) is 5. The van der Waals surface area contributed by atoms with Crippen LogP contribution in [0, 0.1) is 0 Å². The van der Waals surface area contributed by atoms with Crippen molar-refractivity contribution in [2.24, 2.45) is 0 Å². The van der Waals surface area contributed by atoms with Gasteiger partial charge in [-0.3, -0.25) is 9.59 Å². The number of carboxylic acid groups (broad SMARTS) is 1. The number of benzene rings is 6. The minimum atomic E-state index is -4.79. The zero-order chi connectivity index (χ0) is 54.1. The van der Waals surface area contributed by atoms with E-state index in [1.807, 2.05) is 30.3 Å². The van der Waals surface area contributed by atoms with Crippen LogP contribution in [0.1, 0.15) is 47.5 Å². The Labute approximate surface area is 457 Å². The average Bonchev–Trinajstić information content (AvgIpc) is 3.90. The van der Waals surface area contributed by atoms with Crippen LogP contribution < -0.4 is 14.2 Å². The second-order valence-electron chi connectivity index (χ2n) is 15.3. The van der Waals surface area contributed by atoms with E-state index in [9.17, 15) is 49.1 Å². The van der Waals surface area contributed by atoms with Crippen LogP contribution in [-0.4, -0.2) is 51.0 Å². The molecule has 0 radical (unpaired) electrons. The standard InChI is InChI=1S/C18H12Cl2F3NO3.C16H10Cl2F3NO.C8H5Cl2N.C8H5F3O2.2CH4/c19-11-4-5-13-14(17(20)24(9-16(25)26)15(13)8-11)7-10-2-1-3-12(6-10)27-18(21,22)23;17-10-4-5-12-13(15(18)22-14(12)8-10)7-9-2-1-3-11(6-9)23-16(19,20)21;9-6-2-1-5-3-8(10)11-7(5)4-6;9-8(10,11)13-7-3-1-2-6(4-7)5-12;;/h1-6,8H,7,9H2,(H,25,26);1-6,8,22H,7H2;1-4,11H;1-5H;2*1H4. The molecule has 0 aliphatic carbocycles. The largest absolute Gasteiger partial charge is 0.573 e. The number of aromatic amines is 2. The van der Waals surface area contributed by atoms with E-state index in [4.69, 9.17) is 74.7 Å². The first-order valence-electron chi connectivity index (χ1n) is 20.8. The van der Waals surface area contributed by atoms with Crippen LogP contribution in [0.3, 0.4) is 0 Å². The van der Waals surface area contributed by atoms with Crippen molar-refractivity contribution in [3.8, 4) is 17.2 Å². The van der Waals surface area contributed by atoms with E-state index in [-0.39, 0.29) is 50.0 Å². The Morgan fingerprint density at radius 1 is 0.553 bits per heavy atom. The van der Waals surface area contributed by atoms with E-state index >= 15 is 0 Å². The number of rotatable bonds is 10. The van der Waals surface area contributed by atoms with Gasteiger partial charge in [0.15, 0.2) is 0 Å². The first-order valence-corrected chi connectivity index (χ1v) is 23.1. The summed E-state index contributed by atoms with van der Waals surface area (Å²) in [6.07, 6.45) is -13.2. The van der Waals surface area contributed by atoms with Crippen molar-refractivity contribution in [3.63, 3.8) is 0 Å². The van der Waals surface area contributed by atoms with Crippen molar-refractivity contribution in [1.29, 1.82) is 0 Å². The van der Waals surface area contributed by atoms with Crippen molar-refractivity contribution in [2.45, 2.75) is 53.3 Å². The van der Waals surface area contributed by atoms with E-state index in [1.54, 1.807) is 42.5 Å². The molecule has 3 aromatic heterocycles. The maximum atomic E-state index is 12.4. The number of halogens is 15. The summed E-state index contributed by atoms with van der Waals surface area (Å²) in [7, 11) is 0. The summed E-state index contributed by atoms with van der Waals surface area (Å²) in [5.74, 6) is -2.07. The van der Waals surface area contributed by atoms with Gasteiger partial charge in [-0.15, -0.1) is 39.5 Å². The molecule has 9 rings (SSSR count). The topological polar surface area (TPSA) is 119 Å². The van der Waals surface area contributed by atoms with Gasteiger partial charge in [0, 0.05) is 71.8 Å². The van der Waals surface area contributed by atoms with Crippen LogP contribution in [0.25, 0.3) is 32.7 Å². The highest BCUT2D eigenvalue weighted by atomic mass is 35.5. The van der Waals surface area contributed by atoms with Gasteiger partial charge in [-0.2, -0.15) is 0 Å². The SMILES string of the molecule is C.C.Clc1ccc2cc(Cl)[nH]c2c1.FC(F)(F)Oc1cccc(Cc2c(Cl)[nH]c3cc(Cl)ccc23)c1.O=C(O)Cn1c(Cl)c(Cc2cccc(OC(F)(F)F)c2)c2ccc(Cl)cc21.O=Cc1cccc(OC(F)(F)F)c1. The molecule has 404 valence electrons. The summed E-state index contributed by atoms with van der Waals surface area (Å²) in [5.41, 5.74) is 5.00. The van der Waals surface area contributed by atoms with Crippen molar-refractivity contribution in [3.05, 3.63) is 192 Å².